The second-order valence-electron chi connectivity index (χ2n) is 6.33. The number of hydrogen-bond donors (Lipinski definition) is 1. The maximum absolute atomic E-state index is 11.9. The zero-order chi connectivity index (χ0) is 17.1. The van der Waals surface area contributed by atoms with Crippen LogP contribution < -0.4 is 5.32 Å². The predicted molar refractivity (Wildman–Crippen MR) is 92.6 cm³/mol. The van der Waals surface area contributed by atoms with E-state index in [1.807, 2.05) is 6.92 Å². The SMILES string of the molecule is CCOC(=O)C1CCCN(C(=NC)NCCCOCC(C)C)C1. The number of esters is 1. The van der Waals surface area contributed by atoms with Gasteiger partial charge in [0.05, 0.1) is 12.5 Å². The highest BCUT2D eigenvalue weighted by Crippen LogP contribution is 2.18. The molecule has 1 fully saturated rings. The van der Waals surface area contributed by atoms with E-state index in [4.69, 9.17) is 9.47 Å². The fourth-order valence-corrected chi connectivity index (χ4v) is 2.65. The fourth-order valence-electron chi connectivity index (χ4n) is 2.65. The highest BCUT2D eigenvalue weighted by molar-refractivity contribution is 5.81. The second-order valence-corrected chi connectivity index (χ2v) is 6.33. The average Bonchev–Trinajstić information content (AvgIpc) is 2.54. The normalized spacial score (nSPS) is 19.1. The lowest BCUT2D eigenvalue weighted by atomic mass is 9.98. The number of nitrogens with zero attached hydrogens (tertiary/aromatic N) is 2. The van der Waals surface area contributed by atoms with Crippen molar-refractivity contribution in [3.63, 3.8) is 0 Å². The molecule has 6 nitrogen and oxygen atoms in total. The molecule has 1 saturated heterocycles. The Morgan fingerprint density at radius 1 is 1.43 bits per heavy atom. The molecule has 134 valence electrons. The Bertz CT molecular complexity index is 372. The molecule has 0 spiro atoms. The molecule has 1 aliphatic rings. The van der Waals surface area contributed by atoms with Gasteiger partial charge in [-0.2, -0.15) is 0 Å². The number of likely N-dealkylation sites (tertiary alicyclic amines) is 1. The van der Waals surface area contributed by atoms with Crippen LogP contribution in [0, 0.1) is 11.8 Å². The molecule has 0 bridgehead atoms. The van der Waals surface area contributed by atoms with Crippen LogP contribution in [0.4, 0.5) is 0 Å². The minimum atomic E-state index is -0.0882. The molecule has 6 heteroatoms. The molecule has 0 aromatic carbocycles. The van der Waals surface area contributed by atoms with Crippen LogP contribution in [0.15, 0.2) is 4.99 Å². The van der Waals surface area contributed by atoms with Crippen molar-refractivity contribution in [3.05, 3.63) is 0 Å². The molecular weight excluding hydrogens is 294 g/mol. The van der Waals surface area contributed by atoms with E-state index in [1.54, 1.807) is 7.05 Å². The van der Waals surface area contributed by atoms with Crippen molar-refractivity contribution < 1.29 is 14.3 Å². The van der Waals surface area contributed by atoms with E-state index in [0.717, 1.165) is 51.5 Å². The third kappa shape index (κ3) is 7.68. The molecule has 1 unspecified atom stereocenters. The molecule has 0 amide bonds. The summed E-state index contributed by atoms with van der Waals surface area (Å²) in [6, 6.07) is 0. The third-order valence-corrected chi connectivity index (χ3v) is 3.75. The van der Waals surface area contributed by atoms with Crippen LogP contribution in [-0.2, 0) is 14.3 Å². The van der Waals surface area contributed by atoms with Crippen molar-refractivity contribution in [2.45, 2.75) is 40.0 Å². The summed E-state index contributed by atoms with van der Waals surface area (Å²) in [5.74, 6) is 1.30. The number of ether oxygens (including phenoxy) is 2. The van der Waals surface area contributed by atoms with Crippen LogP contribution in [0.5, 0.6) is 0 Å². The molecule has 0 aliphatic carbocycles. The van der Waals surface area contributed by atoms with E-state index in [0.29, 0.717) is 19.1 Å². The third-order valence-electron chi connectivity index (χ3n) is 3.75. The Hall–Kier alpha value is -1.30. The Labute approximate surface area is 140 Å². The second kappa shape index (κ2) is 11.3. The Morgan fingerprint density at radius 3 is 2.87 bits per heavy atom. The molecule has 0 saturated carbocycles. The van der Waals surface area contributed by atoms with Crippen molar-refractivity contribution in [3.8, 4) is 0 Å². The number of aliphatic imine (C=N–C) groups is 1. The molecule has 1 atom stereocenters. The summed E-state index contributed by atoms with van der Waals surface area (Å²) in [7, 11) is 1.78. The number of piperidine rings is 1. The van der Waals surface area contributed by atoms with E-state index in [9.17, 15) is 4.79 Å². The van der Waals surface area contributed by atoms with Gasteiger partial charge < -0.3 is 19.7 Å². The molecule has 0 radical (unpaired) electrons. The smallest absolute Gasteiger partial charge is 0.310 e. The molecule has 1 rings (SSSR count). The summed E-state index contributed by atoms with van der Waals surface area (Å²) in [5.41, 5.74) is 0. The average molecular weight is 327 g/mol. The summed E-state index contributed by atoms with van der Waals surface area (Å²) in [6.07, 6.45) is 2.83. The van der Waals surface area contributed by atoms with Crippen molar-refractivity contribution in [2.24, 2.45) is 16.8 Å². The monoisotopic (exact) mass is 327 g/mol. The lowest BCUT2D eigenvalue weighted by Crippen LogP contribution is -2.48. The molecule has 0 aromatic heterocycles. The predicted octanol–water partition coefficient (Wildman–Crippen LogP) is 1.90. The zero-order valence-corrected chi connectivity index (χ0v) is 15.1. The van der Waals surface area contributed by atoms with Gasteiger partial charge in [0.15, 0.2) is 5.96 Å². The highest BCUT2D eigenvalue weighted by atomic mass is 16.5. The van der Waals surface area contributed by atoms with Gasteiger partial charge in [0, 0.05) is 39.9 Å². The van der Waals surface area contributed by atoms with Crippen molar-refractivity contribution in [1.82, 2.24) is 10.2 Å². The van der Waals surface area contributed by atoms with E-state index in [2.05, 4.69) is 29.1 Å². The number of rotatable bonds is 8. The molecular formula is C17H33N3O3. The molecule has 1 N–H and O–H groups in total. The van der Waals surface area contributed by atoms with Gasteiger partial charge in [-0.1, -0.05) is 13.8 Å². The summed E-state index contributed by atoms with van der Waals surface area (Å²) in [5, 5.41) is 3.36. The summed E-state index contributed by atoms with van der Waals surface area (Å²) >= 11 is 0. The van der Waals surface area contributed by atoms with Gasteiger partial charge in [-0.05, 0) is 32.1 Å². The van der Waals surface area contributed by atoms with Gasteiger partial charge in [0.25, 0.3) is 0 Å². The topological polar surface area (TPSA) is 63.2 Å². The van der Waals surface area contributed by atoms with Crippen molar-refractivity contribution in [1.29, 1.82) is 0 Å². The first-order valence-corrected chi connectivity index (χ1v) is 8.78. The molecule has 1 aliphatic heterocycles. The van der Waals surface area contributed by atoms with Crippen LogP contribution in [0.2, 0.25) is 0 Å². The summed E-state index contributed by atoms with van der Waals surface area (Å²) < 4.78 is 10.7. The quantitative estimate of drug-likeness (QED) is 0.319. The lowest BCUT2D eigenvalue weighted by Gasteiger charge is -2.33. The largest absolute Gasteiger partial charge is 0.466 e. The molecule has 23 heavy (non-hydrogen) atoms. The van der Waals surface area contributed by atoms with Gasteiger partial charge in [-0.25, -0.2) is 0 Å². The van der Waals surface area contributed by atoms with E-state index < -0.39 is 0 Å². The number of carbonyl (C=O) groups excluding carboxylic acids is 1. The zero-order valence-electron chi connectivity index (χ0n) is 15.1. The van der Waals surface area contributed by atoms with E-state index in [-0.39, 0.29) is 11.9 Å². The van der Waals surface area contributed by atoms with E-state index in [1.165, 1.54) is 0 Å². The summed E-state index contributed by atoms with van der Waals surface area (Å²) in [6.45, 7) is 10.6. The number of guanidine groups is 1. The molecule has 1 heterocycles. The fraction of sp³-hybridized carbons (Fsp3) is 0.882. The Balaban J connectivity index is 2.32. The lowest BCUT2D eigenvalue weighted by molar-refractivity contribution is -0.149. The van der Waals surface area contributed by atoms with Crippen molar-refractivity contribution >= 4 is 11.9 Å². The number of nitrogens with one attached hydrogen (secondary N) is 1. The van der Waals surface area contributed by atoms with E-state index >= 15 is 0 Å². The maximum Gasteiger partial charge on any atom is 0.310 e. The van der Waals surface area contributed by atoms with Gasteiger partial charge in [0.1, 0.15) is 0 Å². The van der Waals surface area contributed by atoms with Gasteiger partial charge >= 0.3 is 5.97 Å². The first kappa shape index (κ1) is 19.7. The van der Waals surface area contributed by atoms with Gasteiger partial charge in [0.2, 0.25) is 0 Å². The first-order valence-electron chi connectivity index (χ1n) is 8.78. The van der Waals surface area contributed by atoms with Crippen LogP contribution in [0.3, 0.4) is 0 Å². The number of carbonyl (C=O) groups is 1. The van der Waals surface area contributed by atoms with Crippen LogP contribution in [0.1, 0.15) is 40.0 Å². The Kier molecular flexibility index (Phi) is 9.67. The highest BCUT2D eigenvalue weighted by Gasteiger charge is 2.28. The Morgan fingerprint density at radius 2 is 2.22 bits per heavy atom. The van der Waals surface area contributed by atoms with Crippen molar-refractivity contribution in [2.75, 3.05) is 46.5 Å². The van der Waals surface area contributed by atoms with Crippen LogP contribution >= 0.6 is 0 Å². The minimum Gasteiger partial charge on any atom is -0.466 e. The summed E-state index contributed by atoms with van der Waals surface area (Å²) in [4.78, 5) is 18.4. The minimum absolute atomic E-state index is 0.0448. The maximum atomic E-state index is 11.9. The standard InChI is InChI=1S/C17H33N3O3/c1-5-23-16(21)15-8-6-10-20(12-15)17(18-4)19-9-7-11-22-13-14(2)3/h14-15H,5-13H2,1-4H3,(H,18,19). The first-order chi connectivity index (χ1) is 11.1. The molecule has 0 aromatic rings. The van der Waals surface area contributed by atoms with Gasteiger partial charge in [-0.15, -0.1) is 0 Å². The van der Waals surface area contributed by atoms with Crippen LogP contribution in [-0.4, -0.2) is 63.3 Å². The van der Waals surface area contributed by atoms with Crippen LogP contribution in [0.25, 0.3) is 0 Å². The van der Waals surface area contributed by atoms with Gasteiger partial charge in [-0.3, -0.25) is 9.79 Å². The number of hydrogen-bond acceptors (Lipinski definition) is 4.